The number of ketones is 1. The Morgan fingerprint density at radius 2 is 2.19 bits per heavy atom. The molecule has 4 nitrogen and oxygen atoms in total. The normalized spacial score (nSPS) is 19.7. The fraction of sp³-hybridized carbons (Fsp3) is 0.429. The number of Topliss-reactive ketones (excluding diaryl/α,β-unsaturated/α-hetero) is 1. The van der Waals surface area contributed by atoms with Crippen molar-refractivity contribution >= 4 is 35.1 Å². The zero-order chi connectivity index (χ0) is 19.4. The zero-order valence-electron chi connectivity index (χ0n) is 15.6. The number of allylic oxidation sites excluding steroid dienone is 3. The molecular weight excluding hydrogens is 382 g/mol. The van der Waals surface area contributed by atoms with Gasteiger partial charge in [-0.2, -0.15) is 11.8 Å². The van der Waals surface area contributed by atoms with Gasteiger partial charge < -0.3 is 10.1 Å². The van der Waals surface area contributed by atoms with E-state index in [-0.39, 0.29) is 11.8 Å². The molecule has 0 bridgehead atoms. The molecule has 144 valence electrons. The molecular formula is C21H24ClNO3S. The molecule has 1 aromatic rings. The Morgan fingerprint density at radius 3 is 2.93 bits per heavy atom. The molecule has 1 aliphatic heterocycles. The molecule has 0 spiro atoms. The maximum absolute atomic E-state index is 12.9. The number of esters is 1. The monoisotopic (exact) mass is 405 g/mol. The highest BCUT2D eigenvalue weighted by Gasteiger charge is 2.39. The van der Waals surface area contributed by atoms with Crippen molar-refractivity contribution in [2.24, 2.45) is 0 Å². The molecule has 3 rings (SSSR count). The summed E-state index contributed by atoms with van der Waals surface area (Å²) in [6.07, 6.45) is 2.14. The molecule has 0 radical (unpaired) electrons. The van der Waals surface area contributed by atoms with Crippen LogP contribution in [0.4, 0.5) is 0 Å². The van der Waals surface area contributed by atoms with Crippen LogP contribution in [-0.2, 0) is 14.3 Å². The Balaban J connectivity index is 1.99. The Hall–Kier alpha value is -1.72. The largest absolute Gasteiger partial charge is 0.461 e. The Kier molecular flexibility index (Phi) is 6.66. The van der Waals surface area contributed by atoms with Gasteiger partial charge in [0.05, 0.1) is 5.57 Å². The van der Waals surface area contributed by atoms with Crippen LogP contribution < -0.4 is 5.32 Å². The number of carbonyl (C=O) groups is 2. The van der Waals surface area contributed by atoms with E-state index in [4.69, 9.17) is 16.3 Å². The molecule has 1 N–H and O–H groups in total. The maximum atomic E-state index is 12.9. The molecule has 0 amide bonds. The minimum Gasteiger partial charge on any atom is -0.461 e. The van der Waals surface area contributed by atoms with Gasteiger partial charge in [0, 0.05) is 40.1 Å². The number of hydrogen-bond donors (Lipinski definition) is 1. The lowest BCUT2D eigenvalue weighted by atomic mass is 9.75. The number of carbonyl (C=O) groups excluding carboxylic acids is 2. The second kappa shape index (κ2) is 8.98. The smallest absolute Gasteiger partial charge is 0.336 e. The first kappa shape index (κ1) is 20.0. The van der Waals surface area contributed by atoms with Crippen molar-refractivity contribution in [3.05, 3.63) is 57.4 Å². The van der Waals surface area contributed by atoms with Gasteiger partial charge in [-0.05, 0) is 43.2 Å². The SMILES string of the molecule is CCSCCOC(=O)C1=C(C)NC2=C(C(=O)CCC2)[C@H]1c1cccc(Cl)c1. The molecule has 0 saturated heterocycles. The van der Waals surface area contributed by atoms with Crippen LogP contribution in [0.5, 0.6) is 0 Å². The van der Waals surface area contributed by atoms with Gasteiger partial charge in [-0.15, -0.1) is 0 Å². The lowest BCUT2D eigenvalue weighted by Crippen LogP contribution is -2.34. The van der Waals surface area contributed by atoms with Gasteiger partial charge in [0.15, 0.2) is 5.78 Å². The van der Waals surface area contributed by atoms with Gasteiger partial charge in [-0.1, -0.05) is 30.7 Å². The summed E-state index contributed by atoms with van der Waals surface area (Å²) in [5.41, 5.74) is 3.71. The number of dihydropyridines is 1. The number of ether oxygens (including phenoxy) is 1. The van der Waals surface area contributed by atoms with E-state index in [1.54, 1.807) is 17.8 Å². The van der Waals surface area contributed by atoms with E-state index in [1.165, 1.54) is 0 Å². The van der Waals surface area contributed by atoms with E-state index in [1.807, 2.05) is 25.1 Å². The molecule has 27 heavy (non-hydrogen) atoms. The predicted molar refractivity (Wildman–Crippen MR) is 110 cm³/mol. The van der Waals surface area contributed by atoms with Gasteiger partial charge >= 0.3 is 5.97 Å². The summed E-state index contributed by atoms with van der Waals surface area (Å²) in [7, 11) is 0. The van der Waals surface area contributed by atoms with E-state index < -0.39 is 5.92 Å². The Bertz CT molecular complexity index is 815. The van der Waals surface area contributed by atoms with Crippen molar-refractivity contribution in [1.82, 2.24) is 5.32 Å². The number of nitrogens with one attached hydrogen (secondary N) is 1. The number of benzene rings is 1. The maximum Gasteiger partial charge on any atom is 0.336 e. The third kappa shape index (κ3) is 4.41. The topological polar surface area (TPSA) is 55.4 Å². The van der Waals surface area contributed by atoms with Crippen LogP contribution in [0.25, 0.3) is 0 Å². The average Bonchev–Trinajstić information content (AvgIpc) is 2.64. The highest BCUT2D eigenvalue weighted by atomic mass is 35.5. The van der Waals surface area contributed by atoms with Gasteiger partial charge in [-0.25, -0.2) is 4.79 Å². The molecule has 1 atom stereocenters. The molecule has 0 saturated carbocycles. The van der Waals surface area contributed by atoms with Crippen LogP contribution in [-0.4, -0.2) is 29.9 Å². The molecule has 1 aliphatic carbocycles. The summed E-state index contributed by atoms with van der Waals surface area (Å²) in [5.74, 6) is 1.03. The first-order valence-electron chi connectivity index (χ1n) is 9.27. The van der Waals surface area contributed by atoms with Crippen molar-refractivity contribution in [2.45, 2.75) is 39.0 Å². The molecule has 0 aromatic heterocycles. The summed E-state index contributed by atoms with van der Waals surface area (Å²) in [6, 6.07) is 7.39. The van der Waals surface area contributed by atoms with Crippen molar-refractivity contribution in [1.29, 1.82) is 0 Å². The fourth-order valence-electron chi connectivity index (χ4n) is 3.69. The van der Waals surface area contributed by atoms with Crippen LogP contribution >= 0.6 is 23.4 Å². The van der Waals surface area contributed by atoms with E-state index >= 15 is 0 Å². The number of hydrogen-bond acceptors (Lipinski definition) is 5. The average molecular weight is 406 g/mol. The molecule has 0 unspecified atom stereocenters. The van der Waals surface area contributed by atoms with E-state index in [0.717, 1.165) is 41.3 Å². The van der Waals surface area contributed by atoms with Gasteiger partial charge in [0.1, 0.15) is 6.61 Å². The lowest BCUT2D eigenvalue weighted by molar-refractivity contribution is -0.138. The summed E-state index contributed by atoms with van der Waals surface area (Å²) in [6.45, 7) is 4.30. The number of rotatable bonds is 6. The second-order valence-corrected chi connectivity index (χ2v) is 8.48. The van der Waals surface area contributed by atoms with Crippen molar-refractivity contribution < 1.29 is 14.3 Å². The van der Waals surface area contributed by atoms with Crippen molar-refractivity contribution in [3.8, 4) is 0 Å². The van der Waals surface area contributed by atoms with E-state index in [9.17, 15) is 9.59 Å². The highest BCUT2D eigenvalue weighted by molar-refractivity contribution is 7.99. The van der Waals surface area contributed by atoms with E-state index in [2.05, 4.69) is 12.2 Å². The molecule has 1 heterocycles. The van der Waals surface area contributed by atoms with Crippen LogP contribution in [0.1, 0.15) is 44.6 Å². The van der Waals surface area contributed by atoms with Crippen LogP contribution in [0.2, 0.25) is 5.02 Å². The van der Waals surface area contributed by atoms with Gasteiger partial charge in [0.25, 0.3) is 0 Å². The minimum absolute atomic E-state index is 0.0908. The number of halogens is 1. The Labute approximate surface area is 169 Å². The third-order valence-electron chi connectivity index (χ3n) is 4.84. The van der Waals surface area contributed by atoms with Crippen molar-refractivity contribution in [3.63, 3.8) is 0 Å². The minimum atomic E-state index is -0.431. The molecule has 6 heteroatoms. The van der Waals surface area contributed by atoms with Gasteiger partial charge in [0.2, 0.25) is 0 Å². The lowest BCUT2D eigenvalue weighted by Gasteiger charge is -2.34. The summed E-state index contributed by atoms with van der Waals surface area (Å²) in [4.78, 5) is 25.7. The molecule has 1 aromatic carbocycles. The summed E-state index contributed by atoms with van der Waals surface area (Å²) in [5, 5.41) is 3.88. The zero-order valence-corrected chi connectivity index (χ0v) is 17.2. The van der Waals surface area contributed by atoms with Crippen LogP contribution in [0.3, 0.4) is 0 Å². The van der Waals surface area contributed by atoms with E-state index in [0.29, 0.717) is 29.2 Å². The summed E-state index contributed by atoms with van der Waals surface area (Å²) >= 11 is 7.93. The molecule has 0 fully saturated rings. The first-order valence-corrected chi connectivity index (χ1v) is 10.8. The Morgan fingerprint density at radius 1 is 1.37 bits per heavy atom. The van der Waals surface area contributed by atoms with Crippen molar-refractivity contribution in [2.75, 3.05) is 18.1 Å². The standard InChI is InChI=1S/C21H24ClNO3S/c1-3-27-11-10-26-21(25)18-13(2)23-16-8-5-9-17(24)20(16)19(18)14-6-4-7-15(22)12-14/h4,6-7,12,19,23H,3,5,8-11H2,1-2H3/t19-/m0/s1. The molecule has 2 aliphatic rings. The van der Waals surface area contributed by atoms with Crippen LogP contribution in [0.15, 0.2) is 46.8 Å². The highest BCUT2D eigenvalue weighted by Crippen LogP contribution is 2.42. The second-order valence-electron chi connectivity index (χ2n) is 6.65. The number of thioether (sulfide) groups is 1. The van der Waals surface area contributed by atoms with Crippen LogP contribution in [0, 0.1) is 0 Å². The third-order valence-corrected chi connectivity index (χ3v) is 5.94. The summed E-state index contributed by atoms with van der Waals surface area (Å²) < 4.78 is 5.53. The first-order chi connectivity index (χ1) is 13.0. The predicted octanol–water partition coefficient (Wildman–Crippen LogP) is 4.60. The fourth-order valence-corrected chi connectivity index (χ4v) is 4.38. The quantitative estimate of drug-likeness (QED) is 0.553. The van der Waals surface area contributed by atoms with Gasteiger partial charge in [-0.3, -0.25) is 4.79 Å².